The number of carbonyl (C=O) groups excluding carboxylic acids is 2. The van der Waals surface area contributed by atoms with Gasteiger partial charge in [0.1, 0.15) is 6.61 Å². The van der Waals surface area contributed by atoms with Crippen LogP contribution < -0.4 is 9.47 Å². The van der Waals surface area contributed by atoms with Crippen molar-refractivity contribution in [2.75, 3.05) is 13.2 Å². The lowest BCUT2D eigenvalue weighted by atomic mass is 9.98. The summed E-state index contributed by atoms with van der Waals surface area (Å²) in [5.74, 6) is 1.40. The lowest BCUT2D eigenvalue weighted by Gasteiger charge is -2.18. The van der Waals surface area contributed by atoms with Gasteiger partial charge in [0.25, 0.3) is 0 Å². The SMILES string of the molecule is CCOc1c(C)ccc(-c2ccc3c(c2)CCC3=O)c1OCC(C)=O. The molecule has 0 amide bonds. The van der Waals surface area contributed by atoms with Crippen LogP contribution in [0.3, 0.4) is 0 Å². The molecule has 0 N–H and O–H groups in total. The van der Waals surface area contributed by atoms with E-state index in [0.717, 1.165) is 34.2 Å². The molecule has 130 valence electrons. The van der Waals surface area contributed by atoms with Gasteiger partial charge in [-0.15, -0.1) is 0 Å². The van der Waals surface area contributed by atoms with Gasteiger partial charge < -0.3 is 9.47 Å². The zero-order valence-corrected chi connectivity index (χ0v) is 14.8. The van der Waals surface area contributed by atoms with Crippen molar-refractivity contribution >= 4 is 11.6 Å². The third-order valence-corrected chi connectivity index (χ3v) is 4.36. The number of hydrogen-bond acceptors (Lipinski definition) is 4. The molecule has 3 rings (SSSR count). The molecule has 25 heavy (non-hydrogen) atoms. The highest BCUT2D eigenvalue weighted by Gasteiger charge is 2.22. The van der Waals surface area contributed by atoms with E-state index in [2.05, 4.69) is 0 Å². The van der Waals surface area contributed by atoms with Crippen molar-refractivity contribution in [1.29, 1.82) is 0 Å². The second kappa shape index (κ2) is 7.09. The Morgan fingerprint density at radius 3 is 2.52 bits per heavy atom. The Labute approximate surface area is 147 Å². The van der Waals surface area contributed by atoms with Gasteiger partial charge in [0.15, 0.2) is 23.1 Å². The minimum absolute atomic E-state index is 0.0000454. The molecule has 0 heterocycles. The van der Waals surface area contributed by atoms with Crippen LogP contribution in [-0.4, -0.2) is 24.8 Å². The third kappa shape index (κ3) is 3.43. The lowest BCUT2D eigenvalue weighted by Crippen LogP contribution is -2.09. The van der Waals surface area contributed by atoms with E-state index in [0.29, 0.717) is 24.5 Å². The second-order valence-electron chi connectivity index (χ2n) is 6.31. The number of aryl methyl sites for hydroxylation is 2. The average Bonchev–Trinajstić information content (AvgIpc) is 2.96. The molecule has 0 spiro atoms. The van der Waals surface area contributed by atoms with Gasteiger partial charge in [-0.25, -0.2) is 0 Å². The molecule has 4 nitrogen and oxygen atoms in total. The number of fused-ring (bicyclic) bond motifs is 1. The van der Waals surface area contributed by atoms with E-state index in [1.54, 1.807) is 0 Å². The van der Waals surface area contributed by atoms with E-state index < -0.39 is 0 Å². The topological polar surface area (TPSA) is 52.6 Å². The van der Waals surface area contributed by atoms with Crippen LogP contribution in [0.2, 0.25) is 0 Å². The fourth-order valence-electron chi connectivity index (χ4n) is 3.15. The molecule has 0 aromatic heterocycles. The Bertz CT molecular complexity index is 836. The van der Waals surface area contributed by atoms with Gasteiger partial charge in [0.2, 0.25) is 0 Å². The summed E-state index contributed by atoms with van der Waals surface area (Å²) >= 11 is 0. The predicted molar refractivity (Wildman–Crippen MR) is 96.6 cm³/mol. The van der Waals surface area contributed by atoms with E-state index in [1.165, 1.54) is 6.92 Å². The summed E-state index contributed by atoms with van der Waals surface area (Å²) in [6, 6.07) is 9.82. The number of benzene rings is 2. The largest absolute Gasteiger partial charge is 0.490 e. The smallest absolute Gasteiger partial charge is 0.169 e. The van der Waals surface area contributed by atoms with Crippen LogP contribution in [0, 0.1) is 6.92 Å². The zero-order valence-electron chi connectivity index (χ0n) is 14.8. The van der Waals surface area contributed by atoms with Crippen LogP contribution in [0.4, 0.5) is 0 Å². The fraction of sp³-hybridized carbons (Fsp3) is 0.333. The molecule has 0 atom stereocenters. The Kier molecular flexibility index (Phi) is 4.88. The van der Waals surface area contributed by atoms with Crippen LogP contribution >= 0.6 is 0 Å². The molecule has 1 aliphatic carbocycles. The first kappa shape index (κ1) is 17.2. The molecule has 0 unspecified atom stereocenters. The lowest BCUT2D eigenvalue weighted by molar-refractivity contribution is -0.118. The van der Waals surface area contributed by atoms with E-state index in [4.69, 9.17) is 9.47 Å². The fourth-order valence-corrected chi connectivity index (χ4v) is 3.15. The van der Waals surface area contributed by atoms with Crippen molar-refractivity contribution in [2.24, 2.45) is 0 Å². The predicted octanol–water partition coefficient (Wildman–Crippen LogP) is 4.16. The van der Waals surface area contributed by atoms with Gasteiger partial charge in [0, 0.05) is 17.5 Å². The van der Waals surface area contributed by atoms with Crippen molar-refractivity contribution in [3.05, 3.63) is 47.0 Å². The van der Waals surface area contributed by atoms with Gasteiger partial charge in [-0.05, 0) is 43.9 Å². The van der Waals surface area contributed by atoms with Gasteiger partial charge in [0.05, 0.1) is 6.61 Å². The number of hydrogen-bond donors (Lipinski definition) is 0. The number of rotatable bonds is 6. The minimum Gasteiger partial charge on any atom is -0.490 e. The maximum absolute atomic E-state index is 11.9. The Morgan fingerprint density at radius 1 is 1.04 bits per heavy atom. The van der Waals surface area contributed by atoms with Crippen LogP contribution in [0.5, 0.6) is 11.5 Å². The molecule has 0 bridgehead atoms. The first-order valence-electron chi connectivity index (χ1n) is 8.56. The average molecular weight is 338 g/mol. The zero-order chi connectivity index (χ0) is 18.0. The van der Waals surface area contributed by atoms with Crippen LogP contribution in [0.1, 0.15) is 41.8 Å². The van der Waals surface area contributed by atoms with Gasteiger partial charge in [-0.3, -0.25) is 9.59 Å². The summed E-state index contributed by atoms with van der Waals surface area (Å²) in [4.78, 5) is 23.3. The van der Waals surface area contributed by atoms with Crippen LogP contribution in [0.25, 0.3) is 11.1 Å². The first-order chi connectivity index (χ1) is 12.0. The highest BCUT2D eigenvalue weighted by Crippen LogP contribution is 2.41. The van der Waals surface area contributed by atoms with Gasteiger partial charge in [-0.2, -0.15) is 0 Å². The van der Waals surface area contributed by atoms with Crippen LogP contribution in [0.15, 0.2) is 30.3 Å². The number of ether oxygens (including phenoxy) is 2. The summed E-state index contributed by atoms with van der Waals surface area (Å²) < 4.78 is 11.6. The quantitative estimate of drug-likeness (QED) is 0.794. The van der Waals surface area contributed by atoms with E-state index in [9.17, 15) is 9.59 Å². The Balaban J connectivity index is 2.10. The monoisotopic (exact) mass is 338 g/mol. The van der Waals surface area contributed by atoms with E-state index in [-0.39, 0.29) is 18.2 Å². The molecular weight excluding hydrogens is 316 g/mol. The summed E-state index contributed by atoms with van der Waals surface area (Å²) in [5, 5.41) is 0. The summed E-state index contributed by atoms with van der Waals surface area (Å²) in [6.45, 7) is 5.88. The maximum Gasteiger partial charge on any atom is 0.169 e. The summed E-state index contributed by atoms with van der Waals surface area (Å²) in [7, 11) is 0. The molecule has 4 heteroatoms. The second-order valence-corrected chi connectivity index (χ2v) is 6.31. The molecule has 0 fully saturated rings. The summed E-state index contributed by atoms with van der Waals surface area (Å²) in [5.41, 5.74) is 4.68. The van der Waals surface area contributed by atoms with Crippen molar-refractivity contribution in [3.63, 3.8) is 0 Å². The molecule has 1 aliphatic rings. The number of Topliss-reactive ketones (excluding diaryl/α,β-unsaturated/α-hetero) is 2. The van der Waals surface area contributed by atoms with Crippen LogP contribution in [-0.2, 0) is 11.2 Å². The Hall–Kier alpha value is -2.62. The van der Waals surface area contributed by atoms with Crippen molar-refractivity contribution in [1.82, 2.24) is 0 Å². The standard InChI is InChI=1S/C21H22O4/c1-4-24-20-13(2)5-8-18(21(20)25-12-14(3)22)16-6-9-17-15(11-16)7-10-19(17)23/h5-6,8-9,11H,4,7,10,12H2,1-3H3. The Morgan fingerprint density at radius 2 is 1.80 bits per heavy atom. The summed E-state index contributed by atoms with van der Waals surface area (Å²) in [6.07, 6.45) is 1.35. The number of carbonyl (C=O) groups is 2. The molecule has 0 aliphatic heterocycles. The normalized spacial score (nSPS) is 12.8. The van der Waals surface area contributed by atoms with Crippen molar-refractivity contribution in [3.8, 4) is 22.6 Å². The molecule has 0 saturated carbocycles. The minimum atomic E-state index is -0.0468. The van der Waals surface area contributed by atoms with Crippen molar-refractivity contribution in [2.45, 2.75) is 33.6 Å². The van der Waals surface area contributed by atoms with Gasteiger partial charge in [-0.1, -0.05) is 30.3 Å². The van der Waals surface area contributed by atoms with E-state index in [1.807, 2.05) is 44.2 Å². The molecular formula is C21H22O4. The van der Waals surface area contributed by atoms with Crippen molar-refractivity contribution < 1.29 is 19.1 Å². The molecule has 0 radical (unpaired) electrons. The third-order valence-electron chi connectivity index (χ3n) is 4.36. The van der Waals surface area contributed by atoms with E-state index >= 15 is 0 Å². The number of ketones is 2. The maximum atomic E-state index is 11.9. The molecule has 2 aromatic carbocycles. The molecule has 2 aromatic rings. The molecule has 0 saturated heterocycles. The highest BCUT2D eigenvalue weighted by molar-refractivity contribution is 6.01. The van der Waals surface area contributed by atoms with Gasteiger partial charge >= 0.3 is 0 Å². The first-order valence-corrected chi connectivity index (χ1v) is 8.56. The highest BCUT2D eigenvalue weighted by atomic mass is 16.5.